The highest BCUT2D eigenvalue weighted by Gasteiger charge is 2.40. The molecule has 0 radical (unpaired) electrons. The molecule has 1 amide bonds. The van der Waals surface area contributed by atoms with Gasteiger partial charge < -0.3 is 5.11 Å². The summed E-state index contributed by atoms with van der Waals surface area (Å²) >= 11 is 0. The van der Waals surface area contributed by atoms with Crippen molar-refractivity contribution in [3.05, 3.63) is 0 Å². The molecule has 5 heteroatoms. The summed E-state index contributed by atoms with van der Waals surface area (Å²) in [5.41, 5.74) is -0.364. The summed E-state index contributed by atoms with van der Waals surface area (Å²) in [4.78, 5) is 22.5. The van der Waals surface area contributed by atoms with Gasteiger partial charge in [0.15, 0.2) is 0 Å². The molecule has 1 saturated heterocycles. The minimum Gasteiger partial charge on any atom is -0.480 e. The molecule has 0 saturated carbocycles. The van der Waals surface area contributed by atoms with Crippen LogP contribution in [0.5, 0.6) is 0 Å². The molecule has 0 aromatic heterocycles. The van der Waals surface area contributed by atoms with Gasteiger partial charge in [0, 0.05) is 13.0 Å². The van der Waals surface area contributed by atoms with Crippen molar-refractivity contribution in [3.63, 3.8) is 0 Å². The molecule has 0 spiro atoms. The summed E-state index contributed by atoms with van der Waals surface area (Å²) < 4.78 is 0. The maximum atomic E-state index is 11.6. The molecule has 5 nitrogen and oxygen atoms in total. The van der Waals surface area contributed by atoms with Gasteiger partial charge in [-0.05, 0) is 27.7 Å². The van der Waals surface area contributed by atoms with Crippen molar-refractivity contribution >= 4 is 11.9 Å². The first-order chi connectivity index (χ1) is 6.75. The lowest BCUT2D eigenvalue weighted by atomic mass is 10.1. The lowest BCUT2D eigenvalue weighted by Gasteiger charge is -2.40. The van der Waals surface area contributed by atoms with Gasteiger partial charge in [-0.15, -0.1) is 0 Å². The number of rotatable bonds is 2. The summed E-state index contributed by atoms with van der Waals surface area (Å²) in [6.45, 7) is 7.79. The smallest absolute Gasteiger partial charge is 0.322 e. The molecule has 86 valence electrons. The number of carboxylic acids is 1. The molecule has 0 bridgehead atoms. The summed E-state index contributed by atoms with van der Waals surface area (Å²) in [6.07, 6.45) is 0.398. The van der Waals surface area contributed by atoms with Gasteiger partial charge in [0.05, 0.1) is 5.54 Å². The van der Waals surface area contributed by atoms with Gasteiger partial charge in [-0.3, -0.25) is 14.6 Å². The van der Waals surface area contributed by atoms with Crippen molar-refractivity contribution in [2.24, 2.45) is 0 Å². The lowest BCUT2D eigenvalue weighted by molar-refractivity contribution is -0.163. The number of carbonyl (C=O) groups excluding carboxylic acids is 1. The van der Waals surface area contributed by atoms with Crippen LogP contribution >= 0.6 is 0 Å². The number of hydrazine groups is 1. The van der Waals surface area contributed by atoms with Crippen molar-refractivity contribution in [2.45, 2.75) is 45.7 Å². The molecule has 1 atom stereocenters. The number of carbonyl (C=O) groups is 2. The van der Waals surface area contributed by atoms with E-state index in [9.17, 15) is 9.59 Å². The zero-order chi connectivity index (χ0) is 11.8. The average Bonchev–Trinajstić information content (AvgIpc) is 2.44. The molecule has 1 heterocycles. The van der Waals surface area contributed by atoms with Gasteiger partial charge in [-0.2, -0.15) is 0 Å². The van der Waals surface area contributed by atoms with E-state index in [2.05, 4.69) is 0 Å². The van der Waals surface area contributed by atoms with E-state index >= 15 is 0 Å². The summed E-state index contributed by atoms with van der Waals surface area (Å²) in [6, 6.07) is -0.657. The minimum atomic E-state index is -0.904. The van der Waals surface area contributed by atoms with Crippen LogP contribution in [-0.4, -0.2) is 45.1 Å². The third-order valence-corrected chi connectivity index (χ3v) is 2.49. The SMILES string of the molecule is CC(C(=O)O)N1CCC(=O)N1C(C)(C)C. The molecule has 1 fully saturated rings. The first kappa shape index (κ1) is 12.0. The Morgan fingerprint density at radius 2 is 2.00 bits per heavy atom. The van der Waals surface area contributed by atoms with Gasteiger partial charge in [0.25, 0.3) is 0 Å². The van der Waals surface area contributed by atoms with E-state index in [1.165, 1.54) is 0 Å². The lowest BCUT2D eigenvalue weighted by Crippen LogP contribution is -2.55. The molecule has 0 aromatic carbocycles. The fraction of sp³-hybridized carbons (Fsp3) is 0.800. The minimum absolute atomic E-state index is 0.00407. The number of amides is 1. The van der Waals surface area contributed by atoms with Crippen LogP contribution in [0.1, 0.15) is 34.1 Å². The zero-order valence-corrected chi connectivity index (χ0v) is 9.65. The highest BCUT2D eigenvalue weighted by Crippen LogP contribution is 2.25. The predicted molar refractivity (Wildman–Crippen MR) is 55.0 cm³/mol. The standard InChI is InChI=1S/C10H18N2O3/c1-7(9(14)15)11-6-5-8(13)12(11)10(2,3)4/h7H,5-6H2,1-4H3,(H,14,15). The van der Waals surface area contributed by atoms with Gasteiger partial charge in [-0.25, -0.2) is 5.01 Å². The molecule has 1 N–H and O–H groups in total. The quantitative estimate of drug-likeness (QED) is 0.735. The molecule has 1 aliphatic heterocycles. The third-order valence-electron chi connectivity index (χ3n) is 2.49. The summed E-state index contributed by atoms with van der Waals surface area (Å²) in [5, 5.41) is 12.1. The molecule has 1 rings (SSSR count). The first-order valence-corrected chi connectivity index (χ1v) is 5.07. The molecule has 0 aliphatic carbocycles. The van der Waals surface area contributed by atoms with Gasteiger partial charge in [0.1, 0.15) is 6.04 Å². The molecule has 1 aliphatic rings. The van der Waals surface area contributed by atoms with E-state index in [-0.39, 0.29) is 11.4 Å². The Kier molecular flexibility index (Phi) is 3.04. The topological polar surface area (TPSA) is 60.9 Å². The maximum absolute atomic E-state index is 11.6. The zero-order valence-electron chi connectivity index (χ0n) is 9.65. The van der Waals surface area contributed by atoms with Crippen LogP contribution in [0.15, 0.2) is 0 Å². The van der Waals surface area contributed by atoms with Crippen LogP contribution in [0.25, 0.3) is 0 Å². The van der Waals surface area contributed by atoms with Crippen molar-refractivity contribution in [1.29, 1.82) is 0 Å². The highest BCUT2D eigenvalue weighted by molar-refractivity contribution is 5.80. The van der Waals surface area contributed by atoms with Crippen molar-refractivity contribution in [3.8, 4) is 0 Å². The number of nitrogens with zero attached hydrogens (tertiary/aromatic N) is 2. The van der Waals surface area contributed by atoms with Crippen LogP contribution in [0.3, 0.4) is 0 Å². The monoisotopic (exact) mass is 214 g/mol. The van der Waals surface area contributed by atoms with Gasteiger partial charge in [0.2, 0.25) is 5.91 Å². The Morgan fingerprint density at radius 1 is 1.47 bits per heavy atom. The normalized spacial score (nSPS) is 20.8. The Bertz CT molecular complexity index is 283. The van der Waals surface area contributed by atoms with E-state index in [0.717, 1.165) is 0 Å². The molecular weight excluding hydrogens is 196 g/mol. The molecule has 1 unspecified atom stereocenters. The second kappa shape index (κ2) is 3.81. The van der Waals surface area contributed by atoms with Crippen molar-refractivity contribution < 1.29 is 14.7 Å². The highest BCUT2D eigenvalue weighted by atomic mass is 16.4. The predicted octanol–water partition coefficient (Wildman–Crippen LogP) is 0.707. The second-order valence-electron chi connectivity index (χ2n) is 4.80. The van der Waals surface area contributed by atoms with E-state index < -0.39 is 12.0 Å². The Morgan fingerprint density at radius 3 is 2.40 bits per heavy atom. The molecular formula is C10H18N2O3. The largest absolute Gasteiger partial charge is 0.480 e. The van der Waals surface area contributed by atoms with Crippen LogP contribution in [0.2, 0.25) is 0 Å². The van der Waals surface area contributed by atoms with Crippen LogP contribution in [-0.2, 0) is 9.59 Å². The van der Waals surface area contributed by atoms with E-state index in [4.69, 9.17) is 5.11 Å². The molecule has 0 aromatic rings. The Labute approximate surface area is 89.6 Å². The number of hydrogen-bond acceptors (Lipinski definition) is 3. The van der Waals surface area contributed by atoms with Gasteiger partial charge in [-0.1, -0.05) is 0 Å². The van der Waals surface area contributed by atoms with Crippen molar-refractivity contribution in [1.82, 2.24) is 10.0 Å². The Balaban J connectivity index is 2.91. The third kappa shape index (κ3) is 2.28. The van der Waals surface area contributed by atoms with Crippen LogP contribution < -0.4 is 0 Å². The molecule has 15 heavy (non-hydrogen) atoms. The van der Waals surface area contributed by atoms with Gasteiger partial charge >= 0.3 is 5.97 Å². The summed E-state index contributed by atoms with van der Waals surface area (Å²) in [7, 11) is 0. The number of aliphatic carboxylic acids is 1. The van der Waals surface area contributed by atoms with Crippen LogP contribution in [0.4, 0.5) is 0 Å². The first-order valence-electron chi connectivity index (χ1n) is 5.07. The second-order valence-corrected chi connectivity index (χ2v) is 4.80. The van der Waals surface area contributed by atoms with Crippen molar-refractivity contribution in [2.75, 3.05) is 6.54 Å². The average molecular weight is 214 g/mol. The maximum Gasteiger partial charge on any atom is 0.322 e. The summed E-state index contributed by atoms with van der Waals surface area (Å²) in [5.74, 6) is -0.908. The van der Waals surface area contributed by atoms with E-state index in [1.807, 2.05) is 20.8 Å². The fourth-order valence-corrected chi connectivity index (χ4v) is 1.81. The Hall–Kier alpha value is -1.10. The van der Waals surface area contributed by atoms with E-state index in [1.54, 1.807) is 16.9 Å². The van der Waals surface area contributed by atoms with E-state index in [0.29, 0.717) is 13.0 Å². The van der Waals surface area contributed by atoms with Crippen LogP contribution in [0, 0.1) is 0 Å². The number of carboxylic acid groups (broad SMARTS) is 1. The number of hydrogen-bond donors (Lipinski definition) is 1. The fourth-order valence-electron chi connectivity index (χ4n) is 1.81.